The third-order valence-corrected chi connectivity index (χ3v) is 4.80. The Bertz CT molecular complexity index is 686. The molecule has 114 valence electrons. The van der Waals surface area contributed by atoms with E-state index in [1.54, 1.807) is 0 Å². The highest BCUT2D eigenvalue weighted by Crippen LogP contribution is 2.37. The Morgan fingerprint density at radius 3 is 2.91 bits per heavy atom. The van der Waals surface area contributed by atoms with E-state index >= 15 is 0 Å². The third kappa shape index (κ3) is 3.45. The number of fused-ring (bicyclic) bond motifs is 1. The maximum atomic E-state index is 12.3. The molecule has 2 aromatic carbocycles. The Morgan fingerprint density at radius 2 is 2.09 bits per heavy atom. The van der Waals surface area contributed by atoms with E-state index in [1.165, 1.54) is 4.90 Å². The minimum Gasteiger partial charge on any atom is -0.360 e. The predicted octanol–water partition coefficient (Wildman–Crippen LogP) is 3.93. The van der Waals surface area contributed by atoms with Gasteiger partial charge in [-0.2, -0.15) is 0 Å². The van der Waals surface area contributed by atoms with Crippen molar-refractivity contribution in [2.45, 2.75) is 24.0 Å². The summed E-state index contributed by atoms with van der Waals surface area (Å²) in [5.74, 6) is 0.0273. The number of amides is 1. The molecule has 3 rings (SSSR count). The van der Waals surface area contributed by atoms with Crippen LogP contribution in [0.5, 0.6) is 0 Å². The zero-order chi connectivity index (χ0) is 15.5. The van der Waals surface area contributed by atoms with E-state index in [0.717, 1.165) is 23.5 Å². The number of nitrogens with one attached hydrogen (secondary N) is 1. The van der Waals surface area contributed by atoms with Gasteiger partial charge in [-0.1, -0.05) is 31.2 Å². The predicted molar refractivity (Wildman–Crippen MR) is 93.8 cm³/mol. The van der Waals surface area contributed by atoms with Crippen molar-refractivity contribution in [1.82, 2.24) is 0 Å². The number of anilines is 2. The summed E-state index contributed by atoms with van der Waals surface area (Å²) in [6.45, 7) is 5.50. The van der Waals surface area contributed by atoms with Gasteiger partial charge in [0.25, 0.3) is 0 Å². The van der Waals surface area contributed by atoms with Gasteiger partial charge < -0.3 is 10.2 Å². The van der Waals surface area contributed by atoms with Crippen LogP contribution in [0.15, 0.2) is 53.4 Å². The third-order valence-electron chi connectivity index (χ3n) is 3.65. The molecule has 2 aromatic rings. The maximum absolute atomic E-state index is 12.3. The fourth-order valence-corrected chi connectivity index (χ4v) is 3.89. The fourth-order valence-electron chi connectivity index (χ4n) is 2.73. The largest absolute Gasteiger partial charge is 0.360 e. The van der Waals surface area contributed by atoms with E-state index in [4.69, 9.17) is 0 Å². The lowest BCUT2D eigenvalue weighted by Crippen LogP contribution is -2.39. The summed E-state index contributed by atoms with van der Waals surface area (Å²) in [6, 6.07) is 16.2. The smallest absolute Gasteiger partial charge is 0.243 e. The number of carbonyl (C=O) groups is 1. The van der Waals surface area contributed by atoms with Gasteiger partial charge in [-0.3, -0.25) is 4.79 Å². The normalized spacial score (nSPS) is 17.0. The summed E-state index contributed by atoms with van der Waals surface area (Å²) < 4.78 is 0. The van der Waals surface area contributed by atoms with Gasteiger partial charge in [0, 0.05) is 22.4 Å². The fraction of sp³-hybridized carbons (Fsp3) is 0.278. The molecule has 0 aliphatic carbocycles. The van der Waals surface area contributed by atoms with Crippen LogP contribution < -0.4 is 10.2 Å². The molecule has 0 bridgehead atoms. The average Bonchev–Trinajstić information content (AvgIpc) is 2.47. The molecule has 0 fully saturated rings. The van der Waals surface area contributed by atoms with E-state index < -0.39 is 0 Å². The second-order valence-electron chi connectivity index (χ2n) is 5.69. The second kappa shape index (κ2) is 6.44. The van der Waals surface area contributed by atoms with Gasteiger partial charge in [0.2, 0.25) is 5.91 Å². The lowest BCUT2D eigenvalue weighted by Gasteiger charge is -2.33. The first-order chi connectivity index (χ1) is 10.6. The summed E-state index contributed by atoms with van der Waals surface area (Å²) in [7, 11) is 0. The molecule has 0 saturated heterocycles. The molecule has 1 N–H and O–H groups in total. The molecule has 1 amide bonds. The van der Waals surface area contributed by atoms with Gasteiger partial charge in [-0.05, 0) is 36.8 Å². The van der Waals surface area contributed by atoms with Crippen molar-refractivity contribution in [2.24, 2.45) is 0 Å². The van der Waals surface area contributed by atoms with Crippen LogP contribution in [0.1, 0.15) is 12.5 Å². The van der Waals surface area contributed by atoms with Crippen LogP contribution in [0.4, 0.5) is 11.4 Å². The number of hydrogen-bond acceptors (Lipinski definition) is 3. The number of para-hydroxylation sites is 1. The van der Waals surface area contributed by atoms with Crippen molar-refractivity contribution in [3.05, 3.63) is 54.1 Å². The van der Waals surface area contributed by atoms with Crippen molar-refractivity contribution in [1.29, 1.82) is 0 Å². The molecular weight excluding hydrogens is 292 g/mol. The van der Waals surface area contributed by atoms with Crippen LogP contribution in [-0.2, 0) is 4.79 Å². The Morgan fingerprint density at radius 1 is 1.27 bits per heavy atom. The number of hydrogen-bond donors (Lipinski definition) is 1. The van der Waals surface area contributed by atoms with Crippen LogP contribution in [0.25, 0.3) is 0 Å². The minimum atomic E-state index is 0.0273. The van der Waals surface area contributed by atoms with E-state index in [-0.39, 0.29) is 5.91 Å². The summed E-state index contributed by atoms with van der Waals surface area (Å²) in [4.78, 5) is 15.8. The van der Waals surface area contributed by atoms with E-state index in [1.807, 2.05) is 49.0 Å². The Balaban J connectivity index is 1.71. The van der Waals surface area contributed by atoms with Crippen LogP contribution in [0, 0.1) is 6.92 Å². The molecule has 0 spiro atoms. The van der Waals surface area contributed by atoms with Crippen molar-refractivity contribution < 1.29 is 4.79 Å². The number of benzene rings is 2. The van der Waals surface area contributed by atoms with E-state index in [9.17, 15) is 4.79 Å². The number of nitrogens with zero attached hydrogens (tertiary/aromatic N) is 1. The molecule has 1 aliphatic heterocycles. The number of carbonyl (C=O) groups excluding carboxylic acids is 1. The monoisotopic (exact) mass is 312 g/mol. The number of thioether (sulfide) groups is 1. The average molecular weight is 312 g/mol. The molecule has 0 unspecified atom stereocenters. The quantitative estimate of drug-likeness (QED) is 0.932. The van der Waals surface area contributed by atoms with Gasteiger partial charge in [0.15, 0.2) is 0 Å². The van der Waals surface area contributed by atoms with Crippen LogP contribution in [-0.4, -0.2) is 24.2 Å². The number of aryl methyl sites for hydroxylation is 1. The molecule has 0 radical (unpaired) electrons. The highest BCUT2D eigenvalue weighted by Gasteiger charge is 2.23. The molecule has 3 nitrogen and oxygen atoms in total. The molecule has 4 heteroatoms. The second-order valence-corrected chi connectivity index (χ2v) is 7.17. The summed E-state index contributed by atoms with van der Waals surface area (Å²) in [6.07, 6.45) is 0. The molecular formula is C18H20N2OS. The Hall–Kier alpha value is -1.94. The van der Waals surface area contributed by atoms with Crippen molar-refractivity contribution in [3.8, 4) is 0 Å². The van der Waals surface area contributed by atoms with Gasteiger partial charge in [-0.15, -0.1) is 11.8 Å². The molecule has 22 heavy (non-hydrogen) atoms. The zero-order valence-corrected chi connectivity index (χ0v) is 13.7. The van der Waals surface area contributed by atoms with Gasteiger partial charge in [-0.25, -0.2) is 0 Å². The van der Waals surface area contributed by atoms with E-state index in [2.05, 4.69) is 35.3 Å². The van der Waals surface area contributed by atoms with E-state index in [0.29, 0.717) is 11.8 Å². The lowest BCUT2D eigenvalue weighted by molar-refractivity contribution is -0.115. The van der Waals surface area contributed by atoms with Crippen LogP contribution in [0.2, 0.25) is 0 Å². The summed E-state index contributed by atoms with van der Waals surface area (Å²) in [5, 5.41) is 3.48. The van der Waals surface area contributed by atoms with Gasteiger partial charge >= 0.3 is 0 Å². The SMILES string of the molecule is Cc1cccc(NC(=O)CN2C[C@@H](C)Sc3ccccc32)c1. The van der Waals surface area contributed by atoms with Crippen LogP contribution >= 0.6 is 11.8 Å². The maximum Gasteiger partial charge on any atom is 0.243 e. The highest BCUT2D eigenvalue weighted by atomic mass is 32.2. The molecule has 1 heterocycles. The standard InChI is InChI=1S/C18H20N2OS/c1-13-6-5-7-15(10-13)19-18(21)12-20-11-14(2)22-17-9-4-3-8-16(17)20/h3-10,14H,11-12H2,1-2H3,(H,19,21)/t14-/m1/s1. The van der Waals surface area contributed by atoms with Gasteiger partial charge in [0.05, 0.1) is 12.2 Å². The first kappa shape index (κ1) is 15.0. The molecule has 1 atom stereocenters. The first-order valence-electron chi connectivity index (χ1n) is 7.49. The zero-order valence-electron chi connectivity index (χ0n) is 12.9. The number of rotatable bonds is 3. The van der Waals surface area contributed by atoms with Crippen molar-refractivity contribution in [2.75, 3.05) is 23.3 Å². The first-order valence-corrected chi connectivity index (χ1v) is 8.37. The minimum absolute atomic E-state index is 0.0273. The van der Waals surface area contributed by atoms with Crippen molar-refractivity contribution >= 4 is 29.0 Å². The summed E-state index contributed by atoms with van der Waals surface area (Å²) in [5.41, 5.74) is 3.16. The molecule has 1 aliphatic rings. The molecule has 0 aromatic heterocycles. The topological polar surface area (TPSA) is 32.3 Å². The van der Waals surface area contributed by atoms with Gasteiger partial charge in [0.1, 0.15) is 0 Å². The lowest BCUT2D eigenvalue weighted by atomic mass is 10.2. The Kier molecular flexibility index (Phi) is 4.39. The van der Waals surface area contributed by atoms with Crippen LogP contribution in [0.3, 0.4) is 0 Å². The highest BCUT2D eigenvalue weighted by molar-refractivity contribution is 8.00. The Labute approximate surface area is 135 Å². The van der Waals surface area contributed by atoms with Crippen molar-refractivity contribution in [3.63, 3.8) is 0 Å². The summed E-state index contributed by atoms with van der Waals surface area (Å²) >= 11 is 1.88. The molecule has 0 saturated carbocycles.